The number of carbonyl (C=O) groups is 3. The minimum atomic E-state index is -0.585. The quantitative estimate of drug-likeness (QED) is 0.651. The minimum Gasteiger partial charge on any atom is -0.452 e. The van der Waals surface area contributed by atoms with Crippen molar-refractivity contribution in [2.24, 2.45) is 4.99 Å². The molecule has 0 radical (unpaired) electrons. The number of carbonyl (C=O) groups excluding carboxylic acids is 3. The average Bonchev–Trinajstić information content (AvgIpc) is 3.38. The van der Waals surface area contributed by atoms with E-state index in [1.807, 2.05) is 0 Å². The number of likely N-dealkylation sites (tertiary alicyclic amines) is 1. The Bertz CT molecular complexity index is 1050. The number of hydrogen-bond donors (Lipinski definition) is 1. The maximum atomic E-state index is 12.5. The second kappa shape index (κ2) is 9.94. The first-order chi connectivity index (χ1) is 15.5. The normalized spacial score (nSPS) is 18.4. The van der Waals surface area contributed by atoms with Gasteiger partial charge < -0.3 is 19.4 Å². The fourth-order valence-electron chi connectivity index (χ4n) is 3.44. The average molecular weight is 458 g/mol. The van der Waals surface area contributed by atoms with Gasteiger partial charge in [-0.2, -0.15) is 4.99 Å². The Kier molecular flexibility index (Phi) is 6.84. The SMILES string of the molecule is Cc1nnc(COC(=O)c2cccc(NC(=O)CC3SC(N4CCCCC4)=NC3=O)c2)o1. The lowest BCUT2D eigenvalue weighted by atomic mass is 10.1. The largest absolute Gasteiger partial charge is 0.452 e. The van der Waals surface area contributed by atoms with Crippen LogP contribution in [-0.4, -0.2) is 56.4 Å². The number of rotatable bonds is 6. The molecule has 2 aromatic rings. The van der Waals surface area contributed by atoms with Gasteiger partial charge in [0, 0.05) is 32.1 Å². The summed E-state index contributed by atoms with van der Waals surface area (Å²) < 4.78 is 10.3. The predicted molar refractivity (Wildman–Crippen MR) is 117 cm³/mol. The Morgan fingerprint density at radius 3 is 2.81 bits per heavy atom. The van der Waals surface area contributed by atoms with Crippen molar-refractivity contribution >= 4 is 40.4 Å². The summed E-state index contributed by atoms with van der Waals surface area (Å²) in [5.41, 5.74) is 0.701. The summed E-state index contributed by atoms with van der Waals surface area (Å²) in [6.45, 7) is 3.29. The van der Waals surface area contributed by atoms with E-state index in [2.05, 4.69) is 25.4 Å². The number of ether oxygens (including phenoxy) is 1. The van der Waals surface area contributed by atoms with E-state index in [4.69, 9.17) is 9.15 Å². The number of esters is 1. The highest BCUT2D eigenvalue weighted by Gasteiger charge is 2.33. The summed E-state index contributed by atoms with van der Waals surface area (Å²) >= 11 is 1.35. The molecule has 0 spiro atoms. The van der Waals surface area contributed by atoms with Crippen LogP contribution in [0.2, 0.25) is 0 Å². The predicted octanol–water partition coefficient (Wildman–Crippen LogP) is 2.55. The first-order valence-corrected chi connectivity index (χ1v) is 11.3. The number of amidine groups is 1. The maximum Gasteiger partial charge on any atom is 0.338 e. The van der Waals surface area contributed by atoms with E-state index in [0.717, 1.165) is 25.9 Å². The number of piperidine rings is 1. The summed E-state index contributed by atoms with van der Waals surface area (Å²) in [4.78, 5) is 43.3. The lowest BCUT2D eigenvalue weighted by Gasteiger charge is -2.27. The van der Waals surface area contributed by atoms with Crippen LogP contribution in [0.1, 0.15) is 47.8 Å². The van der Waals surface area contributed by atoms with Crippen molar-refractivity contribution in [1.82, 2.24) is 15.1 Å². The standard InChI is InChI=1S/C21H23N5O5S/c1-13-24-25-18(31-13)12-30-20(29)14-6-5-7-15(10-14)22-17(27)11-16-19(28)23-21(32-16)26-8-3-2-4-9-26/h5-7,10,16H,2-4,8-9,11-12H2,1H3,(H,22,27). The van der Waals surface area contributed by atoms with Crippen molar-refractivity contribution in [3.8, 4) is 0 Å². The Hall–Kier alpha value is -3.21. The van der Waals surface area contributed by atoms with Crippen molar-refractivity contribution in [3.05, 3.63) is 41.6 Å². The molecule has 2 aliphatic heterocycles. The molecule has 10 nitrogen and oxygen atoms in total. The highest BCUT2D eigenvalue weighted by molar-refractivity contribution is 8.15. The number of aromatic nitrogens is 2. The molecule has 1 fully saturated rings. The Morgan fingerprint density at radius 1 is 1.25 bits per heavy atom. The van der Waals surface area contributed by atoms with Gasteiger partial charge in [-0.1, -0.05) is 17.8 Å². The van der Waals surface area contributed by atoms with Crippen molar-refractivity contribution in [2.75, 3.05) is 18.4 Å². The summed E-state index contributed by atoms with van der Waals surface area (Å²) in [5, 5.41) is 10.4. The van der Waals surface area contributed by atoms with Gasteiger partial charge in [0.2, 0.25) is 11.8 Å². The second-order valence-corrected chi connectivity index (χ2v) is 8.68. The van der Waals surface area contributed by atoms with E-state index in [-0.39, 0.29) is 36.3 Å². The molecule has 3 heterocycles. The molecule has 1 aromatic carbocycles. The molecule has 1 atom stereocenters. The van der Waals surface area contributed by atoms with Crippen LogP contribution >= 0.6 is 11.8 Å². The lowest BCUT2D eigenvalue weighted by Crippen LogP contribution is -2.33. The fourth-order valence-corrected chi connectivity index (χ4v) is 4.56. The van der Waals surface area contributed by atoms with E-state index in [0.29, 0.717) is 16.7 Å². The smallest absolute Gasteiger partial charge is 0.338 e. The number of thioether (sulfide) groups is 1. The zero-order valence-electron chi connectivity index (χ0n) is 17.6. The molecule has 1 unspecified atom stereocenters. The van der Waals surface area contributed by atoms with Crippen molar-refractivity contribution in [2.45, 2.75) is 44.5 Å². The fraction of sp³-hybridized carbons (Fsp3) is 0.429. The number of hydrogen-bond acceptors (Lipinski definition) is 9. The molecule has 1 aromatic heterocycles. The van der Waals surface area contributed by atoms with E-state index >= 15 is 0 Å². The van der Waals surface area contributed by atoms with Gasteiger partial charge in [-0.15, -0.1) is 10.2 Å². The van der Waals surface area contributed by atoms with Crippen LogP contribution in [0.4, 0.5) is 5.69 Å². The van der Waals surface area contributed by atoms with Crippen LogP contribution < -0.4 is 5.32 Å². The van der Waals surface area contributed by atoms with Crippen LogP contribution in [0.15, 0.2) is 33.7 Å². The summed E-state index contributed by atoms with van der Waals surface area (Å²) in [5.74, 6) is -0.603. The molecular formula is C21H23N5O5S. The molecule has 2 aliphatic rings. The number of aliphatic imine (C=N–C) groups is 1. The van der Waals surface area contributed by atoms with Crippen LogP contribution in [-0.2, 0) is 20.9 Å². The van der Waals surface area contributed by atoms with E-state index < -0.39 is 11.2 Å². The summed E-state index contributed by atoms with van der Waals surface area (Å²) in [6, 6.07) is 6.39. The summed E-state index contributed by atoms with van der Waals surface area (Å²) in [6.07, 6.45) is 3.38. The van der Waals surface area contributed by atoms with Crippen LogP contribution in [0.5, 0.6) is 0 Å². The third kappa shape index (κ3) is 5.52. The van der Waals surface area contributed by atoms with Crippen LogP contribution in [0.3, 0.4) is 0 Å². The zero-order valence-corrected chi connectivity index (χ0v) is 18.4. The monoisotopic (exact) mass is 457 g/mol. The third-order valence-corrected chi connectivity index (χ3v) is 6.22. The first kappa shape index (κ1) is 22.0. The van der Waals surface area contributed by atoms with Crippen molar-refractivity contribution < 1.29 is 23.5 Å². The molecule has 11 heteroatoms. The number of nitrogens with zero attached hydrogens (tertiary/aromatic N) is 4. The van der Waals surface area contributed by atoms with Gasteiger partial charge in [0.05, 0.1) is 5.56 Å². The molecule has 1 N–H and O–H groups in total. The number of aryl methyl sites for hydroxylation is 1. The molecule has 4 rings (SSSR count). The second-order valence-electron chi connectivity index (χ2n) is 7.51. The summed E-state index contributed by atoms with van der Waals surface area (Å²) in [7, 11) is 0. The van der Waals surface area contributed by atoms with E-state index in [1.165, 1.54) is 24.2 Å². The molecule has 0 saturated carbocycles. The zero-order chi connectivity index (χ0) is 22.5. The molecule has 2 amide bonds. The van der Waals surface area contributed by atoms with Crippen molar-refractivity contribution in [3.63, 3.8) is 0 Å². The molecule has 1 saturated heterocycles. The minimum absolute atomic E-state index is 0.00945. The molecule has 168 valence electrons. The molecule has 32 heavy (non-hydrogen) atoms. The third-order valence-electron chi connectivity index (χ3n) is 5.00. The molecular weight excluding hydrogens is 434 g/mol. The van der Waals surface area contributed by atoms with Gasteiger partial charge in [0.25, 0.3) is 11.8 Å². The van der Waals surface area contributed by atoms with Gasteiger partial charge in [0.1, 0.15) is 5.25 Å². The number of anilines is 1. The Morgan fingerprint density at radius 2 is 2.06 bits per heavy atom. The highest BCUT2D eigenvalue weighted by Crippen LogP contribution is 2.29. The van der Waals surface area contributed by atoms with Gasteiger partial charge in [0.15, 0.2) is 11.8 Å². The van der Waals surface area contributed by atoms with E-state index in [1.54, 1.807) is 25.1 Å². The molecule has 0 bridgehead atoms. The van der Waals surface area contributed by atoms with Gasteiger partial charge in [-0.05, 0) is 37.5 Å². The molecule has 0 aliphatic carbocycles. The maximum absolute atomic E-state index is 12.5. The Balaban J connectivity index is 1.29. The van der Waals surface area contributed by atoms with Gasteiger partial charge in [-0.3, -0.25) is 9.59 Å². The van der Waals surface area contributed by atoms with Crippen LogP contribution in [0.25, 0.3) is 0 Å². The van der Waals surface area contributed by atoms with Gasteiger partial charge >= 0.3 is 5.97 Å². The number of nitrogens with one attached hydrogen (secondary N) is 1. The topological polar surface area (TPSA) is 127 Å². The number of benzene rings is 1. The lowest BCUT2D eigenvalue weighted by molar-refractivity contribution is -0.121. The number of amides is 2. The van der Waals surface area contributed by atoms with E-state index in [9.17, 15) is 14.4 Å². The van der Waals surface area contributed by atoms with Crippen molar-refractivity contribution in [1.29, 1.82) is 0 Å². The highest BCUT2D eigenvalue weighted by atomic mass is 32.2. The Labute approximate surface area is 188 Å². The van der Waals surface area contributed by atoms with Gasteiger partial charge in [-0.25, -0.2) is 4.79 Å². The first-order valence-electron chi connectivity index (χ1n) is 10.4. The van der Waals surface area contributed by atoms with Crippen LogP contribution in [0, 0.1) is 6.92 Å².